The van der Waals surface area contributed by atoms with Gasteiger partial charge in [-0.1, -0.05) is 41.4 Å². The predicted molar refractivity (Wildman–Crippen MR) is 122 cm³/mol. The number of sulfonamides is 1. The number of aryl methyl sites for hydroxylation is 1. The van der Waals surface area contributed by atoms with Crippen LogP contribution in [0.4, 0.5) is 5.69 Å². The van der Waals surface area contributed by atoms with Gasteiger partial charge >= 0.3 is 0 Å². The topological polar surface area (TPSA) is 84.5 Å². The van der Waals surface area contributed by atoms with E-state index in [1.807, 2.05) is 38.1 Å². The molecule has 162 valence electrons. The Bertz CT molecular complexity index is 1180. The van der Waals surface area contributed by atoms with E-state index in [1.165, 1.54) is 30.3 Å². The molecule has 0 aliphatic rings. The molecule has 0 heterocycles. The van der Waals surface area contributed by atoms with Crippen LogP contribution in [0.1, 0.15) is 34.5 Å². The third-order valence-electron chi connectivity index (χ3n) is 4.76. The molecule has 0 aromatic heterocycles. The van der Waals surface area contributed by atoms with E-state index in [1.54, 1.807) is 19.2 Å². The number of ether oxygens (including phenoxy) is 1. The molecule has 3 rings (SSSR count). The van der Waals surface area contributed by atoms with Crippen molar-refractivity contribution in [2.75, 3.05) is 11.8 Å². The van der Waals surface area contributed by atoms with Crippen molar-refractivity contribution in [3.63, 3.8) is 0 Å². The van der Waals surface area contributed by atoms with E-state index >= 15 is 0 Å². The van der Waals surface area contributed by atoms with Gasteiger partial charge in [0.25, 0.3) is 15.9 Å². The van der Waals surface area contributed by atoms with Crippen molar-refractivity contribution >= 4 is 33.2 Å². The number of halogens is 1. The molecular weight excluding hydrogens is 436 g/mol. The number of anilines is 1. The number of hydrogen-bond donors (Lipinski definition) is 2. The predicted octanol–water partition coefficient (Wildman–Crippen LogP) is 4.95. The van der Waals surface area contributed by atoms with Gasteiger partial charge in [0.15, 0.2) is 0 Å². The van der Waals surface area contributed by atoms with E-state index in [0.29, 0.717) is 0 Å². The second-order valence-corrected chi connectivity index (χ2v) is 9.17. The Kier molecular flexibility index (Phi) is 6.87. The third kappa shape index (κ3) is 5.57. The van der Waals surface area contributed by atoms with Crippen LogP contribution in [0.3, 0.4) is 0 Å². The number of carbonyl (C=O) groups excluding carboxylic acids is 1. The molecule has 0 aliphatic heterocycles. The summed E-state index contributed by atoms with van der Waals surface area (Å²) < 4.78 is 32.7. The molecule has 0 saturated heterocycles. The summed E-state index contributed by atoms with van der Waals surface area (Å²) in [4.78, 5) is 12.8. The second kappa shape index (κ2) is 9.41. The Balaban J connectivity index is 1.72. The first-order valence-electron chi connectivity index (χ1n) is 9.53. The van der Waals surface area contributed by atoms with Gasteiger partial charge < -0.3 is 10.1 Å². The summed E-state index contributed by atoms with van der Waals surface area (Å²) in [6, 6.07) is 18.0. The highest BCUT2D eigenvalue weighted by Crippen LogP contribution is 2.25. The first-order valence-corrected chi connectivity index (χ1v) is 11.4. The van der Waals surface area contributed by atoms with Crippen LogP contribution in [0.2, 0.25) is 5.02 Å². The van der Waals surface area contributed by atoms with Gasteiger partial charge in [-0.15, -0.1) is 0 Å². The van der Waals surface area contributed by atoms with Gasteiger partial charge in [0.1, 0.15) is 5.75 Å². The van der Waals surface area contributed by atoms with Crippen molar-refractivity contribution in [1.29, 1.82) is 0 Å². The monoisotopic (exact) mass is 458 g/mol. The fourth-order valence-corrected chi connectivity index (χ4v) is 4.26. The van der Waals surface area contributed by atoms with Crippen molar-refractivity contribution in [1.82, 2.24) is 5.32 Å². The lowest BCUT2D eigenvalue weighted by Gasteiger charge is -2.16. The van der Waals surface area contributed by atoms with Crippen molar-refractivity contribution in [2.24, 2.45) is 0 Å². The molecule has 0 fully saturated rings. The van der Waals surface area contributed by atoms with Crippen LogP contribution in [0, 0.1) is 6.92 Å². The van der Waals surface area contributed by atoms with Crippen LogP contribution >= 0.6 is 11.6 Å². The molecule has 0 aliphatic carbocycles. The Labute approximate surface area is 187 Å². The molecular formula is C23H23ClN2O4S. The Morgan fingerprint density at radius 1 is 1.00 bits per heavy atom. The van der Waals surface area contributed by atoms with Gasteiger partial charge in [0.2, 0.25) is 0 Å². The van der Waals surface area contributed by atoms with Crippen molar-refractivity contribution in [2.45, 2.75) is 24.8 Å². The van der Waals surface area contributed by atoms with Crippen LogP contribution in [0.25, 0.3) is 0 Å². The van der Waals surface area contributed by atoms with E-state index in [9.17, 15) is 13.2 Å². The molecule has 31 heavy (non-hydrogen) atoms. The van der Waals surface area contributed by atoms with Crippen molar-refractivity contribution < 1.29 is 17.9 Å². The smallest absolute Gasteiger partial charge is 0.261 e. The van der Waals surface area contributed by atoms with E-state index < -0.39 is 10.0 Å². The minimum absolute atomic E-state index is 0.142. The van der Waals surface area contributed by atoms with Gasteiger partial charge in [-0.05, 0) is 61.9 Å². The lowest BCUT2D eigenvalue weighted by molar-refractivity contribution is 0.0940. The molecule has 8 heteroatoms. The van der Waals surface area contributed by atoms with Crippen LogP contribution in [0.15, 0.2) is 71.6 Å². The standard InChI is InChI=1S/C23H23ClN2O4S/c1-15-4-11-20(12-5-15)31(28,29)26-18-8-13-21(22(24)14-18)23(27)25-16(2)17-6-9-19(30-3)10-7-17/h4-14,16,26H,1-3H3,(H,25,27)/t16-/m0/s1. The van der Waals surface area contributed by atoms with Crippen LogP contribution in [-0.4, -0.2) is 21.4 Å². The van der Waals surface area contributed by atoms with Gasteiger partial charge in [0.05, 0.1) is 34.3 Å². The SMILES string of the molecule is COc1ccc([C@H](C)NC(=O)c2ccc(NS(=O)(=O)c3ccc(C)cc3)cc2Cl)cc1. The lowest BCUT2D eigenvalue weighted by atomic mass is 10.1. The maximum Gasteiger partial charge on any atom is 0.261 e. The highest BCUT2D eigenvalue weighted by Gasteiger charge is 2.18. The highest BCUT2D eigenvalue weighted by molar-refractivity contribution is 7.92. The van der Waals surface area contributed by atoms with E-state index in [4.69, 9.17) is 16.3 Å². The fourth-order valence-electron chi connectivity index (χ4n) is 2.94. The van der Waals surface area contributed by atoms with Gasteiger partial charge in [-0.3, -0.25) is 9.52 Å². The molecule has 3 aromatic carbocycles. The van der Waals surface area contributed by atoms with E-state index in [0.717, 1.165) is 16.9 Å². The minimum atomic E-state index is -3.76. The molecule has 0 unspecified atom stereocenters. The second-order valence-electron chi connectivity index (χ2n) is 7.08. The van der Waals surface area contributed by atoms with Crippen LogP contribution < -0.4 is 14.8 Å². The maximum absolute atomic E-state index is 12.7. The van der Waals surface area contributed by atoms with Gasteiger partial charge in [-0.2, -0.15) is 0 Å². The quantitative estimate of drug-likeness (QED) is 0.524. The highest BCUT2D eigenvalue weighted by atomic mass is 35.5. The summed E-state index contributed by atoms with van der Waals surface area (Å²) in [5.41, 5.74) is 2.39. The molecule has 6 nitrogen and oxygen atoms in total. The molecule has 0 saturated carbocycles. The average Bonchev–Trinajstić information content (AvgIpc) is 2.73. The summed E-state index contributed by atoms with van der Waals surface area (Å²) in [5.74, 6) is 0.371. The minimum Gasteiger partial charge on any atom is -0.497 e. The number of nitrogens with one attached hydrogen (secondary N) is 2. The molecule has 1 amide bonds. The largest absolute Gasteiger partial charge is 0.497 e. The molecule has 1 atom stereocenters. The summed E-state index contributed by atoms with van der Waals surface area (Å²) in [6.45, 7) is 3.74. The normalized spacial score (nSPS) is 12.1. The van der Waals surface area contributed by atoms with E-state index in [-0.39, 0.29) is 33.1 Å². The van der Waals surface area contributed by atoms with Gasteiger partial charge in [-0.25, -0.2) is 8.42 Å². The Morgan fingerprint density at radius 2 is 1.65 bits per heavy atom. The summed E-state index contributed by atoms with van der Waals surface area (Å²) in [5, 5.41) is 3.03. The number of hydrogen-bond acceptors (Lipinski definition) is 4. The zero-order chi connectivity index (χ0) is 22.6. The zero-order valence-corrected chi connectivity index (χ0v) is 18.9. The summed E-state index contributed by atoms with van der Waals surface area (Å²) in [6.07, 6.45) is 0. The maximum atomic E-state index is 12.7. The number of methoxy groups -OCH3 is 1. The summed E-state index contributed by atoms with van der Waals surface area (Å²) >= 11 is 6.28. The molecule has 0 bridgehead atoms. The summed E-state index contributed by atoms with van der Waals surface area (Å²) in [7, 11) is -2.17. The van der Waals surface area contributed by atoms with Crippen LogP contribution in [-0.2, 0) is 10.0 Å². The number of rotatable bonds is 7. The third-order valence-corrected chi connectivity index (χ3v) is 6.47. The number of amides is 1. The Hall–Kier alpha value is -3.03. The lowest BCUT2D eigenvalue weighted by Crippen LogP contribution is -2.27. The fraction of sp³-hybridized carbons (Fsp3) is 0.174. The number of benzene rings is 3. The average molecular weight is 459 g/mol. The zero-order valence-electron chi connectivity index (χ0n) is 17.3. The van der Waals surface area contributed by atoms with Crippen LogP contribution in [0.5, 0.6) is 5.75 Å². The van der Waals surface area contributed by atoms with Crippen molar-refractivity contribution in [3.8, 4) is 5.75 Å². The molecule has 3 aromatic rings. The molecule has 0 radical (unpaired) electrons. The Morgan fingerprint density at radius 3 is 2.23 bits per heavy atom. The number of carbonyl (C=O) groups is 1. The van der Waals surface area contributed by atoms with E-state index in [2.05, 4.69) is 10.0 Å². The first kappa shape index (κ1) is 22.7. The van der Waals surface area contributed by atoms with Gasteiger partial charge in [0, 0.05) is 0 Å². The first-order chi connectivity index (χ1) is 14.7. The molecule has 0 spiro atoms. The van der Waals surface area contributed by atoms with Crippen molar-refractivity contribution in [3.05, 3.63) is 88.4 Å². The molecule has 2 N–H and O–H groups in total.